The number of halogens is 1. The van der Waals surface area contributed by atoms with Crippen molar-refractivity contribution in [3.05, 3.63) is 29.6 Å². The van der Waals surface area contributed by atoms with E-state index in [1.54, 1.807) is 6.92 Å². The van der Waals surface area contributed by atoms with Gasteiger partial charge in [-0.2, -0.15) is 0 Å². The van der Waals surface area contributed by atoms with Crippen LogP contribution in [0.15, 0.2) is 18.2 Å². The van der Waals surface area contributed by atoms with Crippen LogP contribution >= 0.6 is 0 Å². The van der Waals surface area contributed by atoms with Gasteiger partial charge in [0.2, 0.25) is 17.7 Å². The number of aliphatic hydroxyl groups excluding tert-OH is 1. The fraction of sp³-hybridized carbons (Fsp3) is 0.526. The molecule has 1 aromatic carbocycles. The number of fused-ring (bicyclic) bond motifs is 4. The molecule has 7 nitrogen and oxygen atoms in total. The Bertz CT molecular complexity index is 857. The first-order chi connectivity index (χ1) is 12.7. The number of rotatable bonds is 3. The number of hydrogen-bond acceptors (Lipinski definition) is 5. The lowest BCUT2D eigenvalue weighted by Crippen LogP contribution is -2.55. The number of anilines is 1. The van der Waals surface area contributed by atoms with E-state index in [2.05, 4.69) is 10.6 Å². The van der Waals surface area contributed by atoms with Crippen molar-refractivity contribution in [3.8, 4) is 0 Å². The summed E-state index contributed by atoms with van der Waals surface area (Å²) in [4.78, 5) is 40.6. The van der Waals surface area contributed by atoms with E-state index in [-0.39, 0.29) is 6.04 Å². The van der Waals surface area contributed by atoms with E-state index >= 15 is 0 Å². The molecule has 6 atom stereocenters. The lowest BCUT2D eigenvalue weighted by atomic mass is 9.76. The smallest absolute Gasteiger partial charge is 0.250 e. The number of aliphatic hydroxyl groups is 1. The van der Waals surface area contributed by atoms with E-state index in [0.29, 0.717) is 17.7 Å². The summed E-state index contributed by atoms with van der Waals surface area (Å²) in [6.07, 6.45) is -0.399. The number of nitrogens with zero attached hydrogens (tertiary/aromatic N) is 1. The van der Waals surface area contributed by atoms with Crippen LogP contribution in [0.3, 0.4) is 0 Å². The summed E-state index contributed by atoms with van der Waals surface area (Å²) in [7, 11) is 0. The van der Waals surface area contributed by atoms with Crippen LogP contribution in [0.5, 0.6) is 0 Å². The van der Waals surface area contributed by atoms with E-state index < -0.39 is 53.1 Å². The van der Waals surface area contributed by atoms with Gasteiger partial charge in [0.25, 0.3) is 0 Å². The van der Waals surface area contributed by atoms with Gasteiger partial charge >= 0.3 is 0 Å². The van der Waals surface area contributed by atoms with Crippen LogP contribution < -0.4 is 10.6 Å². The van der Waals surface area contributed by atoms with Crippen molar-refractivity contribution in [1.82, 2.24) is 10.2 Å². The molecule has 2 fully saturated rings. The molecule has 0 radical (unpaired) electrons. The molecule has 144 valence electrons. The topological polar surface area (TPSA) is 98.7 Å². The second kappa shape index (κ2) is 5.84. The van der Waals surface area contributed by atoms with Crippen molar-refractivity contribution >= 4 is 23.4 Å². The number of hydrogen-bond donors (Lipinski definition) is 3. The average Bonchev–Trinajstić information content (AvgIpc) is 3.20. The van der Waals surface area contributed by atoms with Gasteiger partial charge in [-0.3, -0.25) is 24.6 Å². The molecule has 3 aliphatic heterocycles. The molecule has 0 aliphatic carbocycles. The molecule has 4 rings (SSSR count). The maximum Gasteiger partial charge on any atom is 0.250 e. The first-order valence-electron chi connectivity index (χ1n) is 9.18. The molecule has 3 amide bonds. The van der Waals surface area contributed by atoms with Crippen LogP contribution in [0, 0.1) is 17.7 Å². The van der Waals surface area contributed by atoms with E-state index in [4.69, 9.17) is 0 Å². The minimum Gasteiger partial charge on any atom is -0.392 e. The predicted molar refractivity (Wildman–Crippen MR) is 93.9 cm³/mol. The molecular formula is C19H22FN3O4. The van der Waals surface area contributed by atoms with E-state index in [0.717, 1.165) is 0 Å². The molecule has 3 N–H and O–H groups in total. The number of likely N-dealkylation sites (tertiary alicyclic amines) is 1. The number of carbonyl (C=O) groups is 3. The number of benzene rings is 1. The van der Waals surface area contributed by atoms with Crippen molar-refractivity contribution in [2.45, 2.75) is 50.9 Å². The first kappa shape index (κ1) is 18.1. The zero-order valence-corrected chi connectivity index (χ0v) is 15.3. The fourth-order valence-corrected chi connectivity index (χ4v) is 4.76. The van der Waals surface area contributed by atoms with Gasteiger partial charge in [0.15, 0.2) is 0 Å². The van der Waals surface area contributed by atoms with Crippen molar-refractivity contribution in [3.63, 3.8) is 0 Å². The molecule has 0 saturated carbocycles. The minimum atomic E-state index is -1.57. The molecule has 3 heterocycles. The van der Waals surface area contributed by atoms with Crippen molar-refractivity contribution in [1.29, 1.82) is 0 Å². The fourth-order valence-electron chi connectivity index (χ4n) is 4.76. The van der Waals surface area contributed by atoms with Crippen LogP contribution in [0.1, 0.15) is 32.8 Å². The predicted octanol–water partition coefficient (Wildman–Crippen LogP) is 0.725. The maximum absolute atomic E-state index is 14.0. The zero-order valence-electron chi connectivity index (χ0n) is 15.3. The average molecular weight is 375 g/mol. The quantitative estimate of drug-likeness (QED) is 0.677. The van der Waals surface area contributed by atoms with Gasteiger partial charge in [0.1, 0.15) is 11.4 Å². The molecule has 0 unspecified atom stereocenters. The number of amides is 3. The molecule has 3 aliphatic rings. The summed E-state index contributed by atoms with van der Waals surface area (Å²) < 4.78 is 14.0. The van der Waals surface area contributed by atoms with Crippen LogP contribution in [0.2, 0.25) is 0 Å². The third-order valence-electron chi connectivity index (χ3n) is 6.20. The maximum atomic E-state index is 14.0. The standard InChI is InChI=1S/C19H22FN3O4/c1-4-8(2)23-16(25)13-14(17(23)26)19(22-15(13)9(3)24)11-7-10(20)5-6-12(11)21-18(19)27/h5-9,13-15,22,24H,4H2,1-3H3,(H,21,27)/t8-,9-,13-,14-,15+,19-/m0/s1. The van der Waals surface area contributed by atoms with Gasteiger partial charge in [0, 0.05) is 23.3 Å². The second-order valence-corrected chi connectivity index (χ2v) is 7.67. The molecular weight excluding hydrogens is 353 g/mol. The van der Waals surface area contributed by atoms with Gasteiger partial charge in [-0.1, -0.05) is 6.92 Å². The number of nitrogens with one attached hydrogen (secondary N) is 2. The summed E-state index contributed by atoms with van der Waals surface area (Å²) in [5, 5.41) is 16.0. The van der Waals surface area contributed by atoms with Crippen molar-refractivity contribution < 1.29 is 23.9 Å². The molecule has 0 bridgehead atoms. The van der Waals surface area contributed by atoms with Gasteiger partial charge in [-0.05, 0) is 38.5 Å². The van der Waals surface area contributed by atoms with E-state index in [1.807, 2.05) is 6.92 Å². The monoisotopic (exact) mass is 375 g/mol. The Morgan fingerprint density at radius 3 is 2.59 bits per heavy atom. The summed E-state index contributed by atoms with van der Waals surface area (Å²) in [5.41, 5.74) is -0.863. The Balaban J connectivity index is 1.92. The van der Waals surface area contributed by atoms with Crippen molar-refractivity contribution in [2.75, 3.05) is 5.32 Å². The normalized spacial score (nSPS) is 34.0. The SMILES string of the molecule is CC[C@H](C)N1C(=O)[C@@H]2[C@@H]([C@H](C)O)N[C@]3(C(=O)Nc4ccc(F)cc43)[C@@H]2C1=O. The highest BCUT2D eigenvalue weighted by Crippen LogP contribution is 2.53. The van der Waals surface area contributed by atoms with E-state index in [9.17, 15) is 23.9 Å². The van der Waals surface area contributed by atoms with Gasteiger partial charge in [-0.25, -0.2) is 4.39 Å². The molecule has 1 spiro atoms. The molecule has 1 aromatic rings. The van der Waals surface area contributed by atoms with Crippen LogP contribution in [-0.2, 0) is 19.9 Å². The molecule has 27 heavy (non-hydrogen) atoms. The van der Waals surface area contributed by atoms with Crippen LogP contribution in [0.4, 0.5) is 10.1 Å². The summed E-state index contributed by atoms with van der Waals surface area (Å²) in [6.45, 7) is 5.15. The summed E-state index contributed by atoms with van der Waals surface area (Å²) in [5.74, 6) is -3.81. The van der Waals surface area contributed by atoms with Crippen LogP contribution in [0.25, 0.3) is 0 Å². The third-order valence-corrected chi connectivity index (χ3v) is 6.20. The van der Waals surface area contributed by atoms with Gasteiger partial charge in [0.05, 0.1) is 17.9 Å². The van der Waals surface area contributed by atoms with Gasteiger partial charge < -0.3 is 10.4 Å². The Hall–Kier alpha value is -2.32. The summed E-state index contributed by atoms with van der Waals surface area (Å²) in [6, 6.07) is 2.77. The first-order valence-corrected chi connectivity index (χ1v) is 9.18. The Labute approximate surface area is 155 Å². The Morgan fingerprint density at radius 1 is 1.26 bits per heavy atom. The van der Waals surface area contributed by atoms with Crippen molar-refractivity contribution in [2.24, 2.45) is 11.8 Å². The highest BCUT2D eigenvalue weighted by atomic mass is 19.1. The van der Waals surface area contributed by atoms with Gasteiger partial charge in [-0.15, -0.1) is 0 Å². The summed E-state index contributed by atoms with van der Waals surface area (Å²) >= 11 is 0. The highest BCUT2D eigenvalue weighted by molar-refractivity contribution is 6.15. The highest BCUT2D eigenvalue weighted by Gasteiger charge is 2.71. The molecule has 2 saturated heterocycles. The Kier molecular flexibility index (Phi) is 3.91. The number of carbonyl (C=O) groups excluding carboxylic acids is 3. The minimum absolute atomic E-state index is 0.304. The second-order valence-electron chi connectivity index (χ2n) is 7.67. The number of imide groups is 1. The lowest BCUT2D eigenvalue weighted by molar-refractivity contribution is -0.145. The molecule has 8 heteroatoms. The van der Waals surface area contributed by atoms with E-state index in [1.165, 1.54) is 30.0 Å². The third kappa shape index (κ3) is 2.17. The zero-order chi connectivity index (χ0) is 19.7. The Morgan fingerprint density at radius 2 is 1.96 bits per heavy atom. The van der Waals surface area contributed by atoms with Crippen LogP contribution in [-0.4, -0.2) is 45.9 Å². The lowest BCUT2D eigenvalue weighted by Gasteiger charge is -2.31. The largest absolute Gasteiger partial charge is 0.392 e. The molecule has 0 aromatic heterocycles.